The molecule has 0 amide bonds. The zero-order valence-corrected chi connectivity index (χ0v) is 35.0. The van der Waals surface area contributed by atoms with Crippen LogP contribution in [-0.2, 0) is 0 Å². The molecule has 0 spiro atoms. The molecule has 66 heavy (non-hydrogen) atoms. The molecule has 14 rings (SSSR count). The highest BCUT2D eigenvalue weighted by atomic mass is 16.3. The van der Waals surface area contributed by atoms with Crippen LogP contribution in [0.25, 0.3) is 133 Å². The second-order valence-electron chi connectivity index (χ2n) is 16.5. The highest BCUT2D eigenvalue weighted by Gasteiger charge is 2.34. The molecular weight excluding hydrogens is 813 g/mol. The molecular formula is C58H32N6O2. The van der Waals surface area contributed by atoms with E-state index in [9.17, 15) is 5.26 Å². The van der Waals surface area contributed by atoms with Crippen molar-refractivity contribution in [1.29, 1.82) is 5.26 Å². The summed E-state index contributed by atoms with van der Waals surface area (Å²) in [6, 6.07) is 62.3. The van der Waals surface area contributed by atoms with Crippen molar-refractivity contribution in [2.24, 2.45) is 0 Å². The van der Waals surface area contributed by atoms with Crippen LogP contribution in [0.1, 0.15) is 5.56 Å². The molecule has 0 saturated heterocycles. The zero-order valence-electron chi connectivity index (χ0n) is 35.0. The number of aromatic nitrogens is 5. The van der Waals surface area contributed by atoms with Gasteiger partial charge in [0.05, 0.1) is 61.3 Å². The number of fused-ring (bicyclic) bond motifs is 14. The summed E-state index contributed by atoms with van der Waals surface area (Å²) in [5, 5.41) is 20.3. The van der Waals surface area contributed by atoms with E-state index in [1.165, 1.54) is 0 Å². The molecule has 8 nitrogen and oxygen atoms in total. The predicted molar refractivity (Wildman–Crippen MR) is 264 cm³/mol. The van der Waals surface area contributed by atoms with Crippen molar-refractivity contribution in [3.8, 4) is 51.2 Å². The van der Waals surface area contributed by atoms with E-state index in [0.717, 1.165) is 104 Å². The Kier molecular flexibility index (Phi) is 7.59. The van der Waals surface area contributed by atoms with E-state index < -0.39 is 0 Å². The molecule has 0 aliphatic carbocycles. The number of benzene rings is 7. The Bertz CT molecular complexity index is 4090. The van der Waals surface area contributed by atoms with E-state index in [-0.39, 0.29) is 0 Å². The third-order valence-corrected chi connectivity index (χ3v) is 13.1. The summed E-state index contributed by atoms with van der Waals surface area (Å²) < 4.78 is 18.0. The summed E-state index contributed by atoms with van der Waals surface area (Å²) in [6.45, 7) is 0. The van der Waals surface area contributed by atoms with Gasteiger partial charge in [-0.15, -0.1) is 0 Å². The Hall–Kier alpha value is -9.32. The minimum Gasteiger partial charge on any atom is -0.455 e. The normalized spacial score (nSPS) is 11.9. The van der Waals surface area contributed by atoms with Gasteiger partial charge in [-0.3, -0.25) is 15.0 Å². The molecule has 0 radical (unpaired) electrons. The maximum Gasteiger partial charge on any atom is 0.145 e. The molecule has 0 saturated carbocycles. The van der Waals surface area contributed by atoms with Crippen LogP contribution in [0.5, 0.6) is 0 Å². The first-order valence-electron chi connectivity index (χ1n) is 21.8. The van der Waals surface area contributed by atoms with E-state index in [4.69, 9.17) is 23.8 Å². The summed E-state index contributed by atoms with van der Waals surface area (Å²) in [6.07, 6.45) is 5.42. The molecule has 8 heteroatoms. The van der Waals surface area contributed by atoms with Gasteiger partial charge < -0.3 is 18.0 Å². The van der Waals surface area contributed by atoms with E-state index >= 15 is 0 Å². The summed E-state index contributed by atoms with van der Waals surface area (Å²) in [5.41, 5.74) is 12.8. The smallest absolute Gasteiger partial charge is 0.145 e. The summed E-state index contributed by atoms with van der Waals surface area (Å²) in [4.78, 5) is 15.3. The van der Waals surface area contributed by atoms with E-state index in [1.807, 2.05) is 97.2 Å². The van der Waals surface area contributed by atoms with Gasteiger partial charge in [-0.2, -0.15) is 5.26 Å². The number of hydrogen-bond acceptors (Lipinski definition) is 6. The number of pyridine rings is 3. The Morgan fingerprint density at radius 3 is 1.18 bits per heavy atom. The Morgan fingerprint density at radius 1 is 0.364 bits per heavy atom. The van der Waals surface area contributed by atoms with Crippen LogP contribution in [0, 0.1) is 11.3 Å². The van der Waals surface area contributed by atoms with E-state index in [1.54, 1.807) is 12.4 Å². The van der Waals surface area contributed by atoms with Crippen molar-refractivity contribution in [2.45, 2.75) is 0 Å². The molecule has 7 aromatic heterocycles. The first-order valence-corrected chi connectivity index (χ1v) is 21.8. The highest BCUT2D eigenvalue weighted by molar-refractivity contribution is 6.26. The van der Waals surface area contributed by atoms with Crippen LogP contribution in [0.4, 0.5) is 0 Å². The number of nitrogens with zero attached hydrogens (tertiary/aromatic N) is 6. The van der Waals surface area contributed by atoms with Gasteiger partial charge in [0, 0.05) is 67.6 Å². The molecule has 14 aromatic rings. The van der Waals surface area contributed by atoms with Crippen LogP contribution in [0.2, 0.25) is 0 Å². The van der Waals surface area contributed by atoms with Gasteiger partial charge in [0.1, 0.15) is 34.0 Å². The van der Waals surface area contributed by atoms with Crippen molar-refractivity contribution in [2.75, 3.05) is 0 Å². The van der Waals surface area contributed by atoms with Crippen molar-refractivity contribution in [1.82, 2.24) is 24.1 Å². The van der Waals surface area contributed by atoms with Crippen LogP contribution < -0.4 is 0 Å². The maximum absolute atomic E-state index is 12.3. The number of nitriles is 1. The average molecular weight is 845 g/mol. The second-order valence-corrected chi connectivity index (χ2v) is 16.5. The average Bonchev–Trinajstić information content (AvgIpc) is 4.14. The third kappa shape index (κ3) is 4.94. The Morgan fingerprint density at radius 2 is 0.758 bits per heavy atom. The van der Waals surface area contributed by atoms with E-state index in [2.05, 4.69) is 100 Å². The molecule has 7 heterocycles. The zero-order chi connectivity index (χ0) is 43.5. The molecule has 0 unspecified atom stereocenters. The fourth-order valence-electron chi connectivity index (χ4n) is 10.5. The molecule has 306 valence electrons. The fraction of sp³-hybridized carbons (Fsp3) is 0. The number of hydrogen-bond donors (Lipinski definition) is 0. The first-order chi connectivity index (χ1) is 32.8. The van der Waals surface area contributed by atoms with Crippen LogP contribution in [-0.4, -0.2) is 24.1 Å². The summed E-state index contributed by atoms with van der Waals surface area (Å²) >= 11 is 0. The first kappa shape index (κ1) is 36.2. The standard InChI is InChI=1S/C58H32N6O2/c59-33-40-55(63-44-22-5-1-17-38(44)50-46(63)28-26-36-34-15-3-7-24-48(34)65-57(36)50)53(42-20-10-13-31-61-42)52(41-19-9-12-30-60-41)54(43-21-11-14-32-62-43)56(40)64-45-23-6-2-18-39(45)51-47(64)29-27-37-35-16-4-8-25-49(35)66-58(37)51/h1-32H. The predicted octanol–water partition coefficient (Wildman–Crippen LogP) is 14.7. The van der Waals surface area contributed by atoms with Crippen molar-refractivity contribution >= 4 is 87.5 Å². The van der Waals surface area contributed by atoms with Crippen molar-refractivity contribution < 1.29 is 8.83 Å². The van der Waals surface area contributed by atoms with Gasteiger partial charge in [-0.05, 0) is 84.9 Å². The van der Waals surface area contributed by atoms with Gasteiger partial charge in [-0.1, -0.05) is 91.0 Å². The van der Waals surface area contributed by atoms with E-state index in [0.29, 0.717) is 34.0 Å². The molecule has 0 bridgehead atoms. The molecule has 7 aromatic carbocycles. The molecule has 0 fully saturated rings. The Balaban J connectivity index is 1.26. The van der Waals surface area contributed by atoms with Gasteiger partial charge in [0.25, 0.3) is 0 Å². The molecule has 0 atom stereocenters. The van der Waals surface area contributed by atoms with Crippen LogP contribution >= 0.6 is 0 Å². The quantitative estimate of drug-likeness (QED) is 0.171. The largest absolute Gasteiger partial charge is 0.455 e. The maximum atomic E-state index is 12.3. The summed E-state index contributed by atoms with van der Waals surface area (Å²) in [5.74, 6) is 0. The highest BCUT2D eigenvalue weighted by Crippen LogP contribution is 2.52. The molecule has 0 aliphatic rings. The molecule has 0 aliphatic heterocycles. The van der Waals surface area contributed by atoms with Gasteiger partial charge >= 0.3 is 0 Å². The minimum atomic E-state index is 0.427. The third-order valence-electron chi connectivity index (χ3n) is 13.1. The second kappa shape index (κ2) is 13.8. The number of furan rings is 2. The molecule has 0 N–H and O–H groups in total. The van der Waals surface area contributed by atoms with Gasteiger partial charge in [0.2, 0.25) is 0 Å². The monoisotopic (exact) mass is 844 g/mol. The van der Waals surface area contributed by atoms with Crippen molar-refractivity contribution in [3.05, 3.63) is 200 Å². The lowest BCUT2D eigenvalue weighted by Crippen LogP contribution is -2.11. The van der Waals surface area contributed by atoms with Crippen LogP contribution in [0.3, 0.4) is 0 Å². The van der Waals surface area contributed by atoms with Crippen molar-refractivity contribution in [3.63, 3.8) is 0 Å². The van der Waals surface area contributed by atoms with Crippen LogP contribution in [0.15, 0.2) is 203 Å². The SMILES string of the molecule is N#Cc1c(-n2c3ccccc3c3c4oc5ccccc5c4ccc32)c(-c2ccccn2)c(-c2ccccn2)c(-c2ccccn2)c1-n1c2ccccc2c2c3oc4ccccc4c3ccc21. The van der Waals surface area contributed by atoms with Gasteiger partial charge in [-0.25, -0.2) is 0 Å². The number of rotatable bonds is 5. The lowest BCUT2D eigenvalue weighted by atomic mass is 9.86. The Labute approximate surface area is 375 Å². The topological polar surface area (TPSA) is 98.6 Å². The lowest BCUT2D eigenvalue weighted by Gasteiger charge is -2.26. The lowest BCUT2D eigenvalue weighted by molar-refractivity contribution is 0.672. The summed E-state index contributed by atoms with van der Waals surface area (Å²) in [7, 11) is 0. The minimum absolute atomic E-state index is 0.427. The van der Waals surface area contributed by atoms with Gasteiger partial charge in [0.15, 0.2) is 0 Å². The fourth-order valence-corrected chi connectivity index (χ4v) is 10.5. The number of para-hydroxylation sites is 4.